The number of fused-ring (bicyclic) bond motifs is 1. The highest BCUT2D eigenvalue weighted by Gasteiger charge is 2.33. The van der Waals surface area contributed by atoms with E-state index < -0.39 is 10.0 Å². The number of sulfonamides is 1. The van der Waals surface area contributed by atoms with Gasteiger partial charge in [-0.3, -0.25) is 4.79 Å². The number of anilines is 1. The van der Waals surface area contributed by atoms with E-state index in [9.17, 15) is 13.2 Å². The second-order valence-electron chi connectivity index (χ2n) is 7.13. The van der Waals surface area contributed by atoms with Gasteiger partial charge in [-0.2, -0.15) is 4.31 Å². The predicted octanol–water partition coefficient (Wildman–Crippen LogP) is 2.85. The maximum Gasteiger partial charge on any atom is 0.243 e. The first kappa shape index (κ1) is 22.3. The summed E-state index contributed by atoms with van der Waals surface area (Å²) in [5.41, 5.74) is 0. The Balaban J connectivity index is 1.37. The van der Waals surface area contributed by atoms with Gasteiger partial charge >= 0.3 is 0 Å². The summed E-state index contributed by atoms with van der Waals surface area (Å²) in [6, 6.07) is 4.71. The van der Waals surface area contributed by atoms with Crippen molar-refractivity contribution >= 4 is 44.2 Å². The number of hydrogen-bond acceptors (Lipinski definition) is 9. The van der Waals surface area contributed by atoms with Crippen LogP contribution in [0.15, 0.2) is 27.4 Å². The molecule has 0 unspecified atom stereocenters. The minimum Gasteiger partial charge on any atom is -0.490 e. The average Bonchev–Trinajstić information content (AvgIpc) is 3.07. The number of nitrogens with one attached hydrogen (secondary N) is 1. The lowest BCUT2D eigenvalue weighted by atomic mass is 9.97. The topological polar surface area (TPSA) is 111 Å². The second-order valence-corrected chi connectivity index (χ2v) is 11.6. The SMILES string of the molecule is CCSc1nnc(NC(=O)C2CCN(S(=O)(=O)c3ccc4c(c3)OCCCO4)CC2)s1. The van der Waals surface area contributed by atoms with Crippen LogP contribution in [-0.2, 0) is 14.8 Å². The molecular weight excluding hydrogens is 460 g/mol. The summed E-state index contributed by atoms with van der Waals surface area (Å²) >= 11 is 2.92. The third-order valence-corrected chi connectivity index (χ3v) is 8.83. The molecule has 1 amide bonds. The molecule has 2 aliphatic heterocycles. The van der Waals surface area contributed by atoms with Crippen molar-refractivity contribution in [2.45, 2.75) is 35.4 Å². The zero-order valence-electron chi connectivity index (χ0n) is 17.1. The van der Waals surface area contributed by atoms with Crippen molar-refractivity contribution in [3.63, 3.8) is 0 Å². The van der Waals surface area contributed by atoms with Crippen LogP contribution in [-0.4, -0.2) is 60.9 Å². The van der Waals surface area contributed by atoms with Crippen LogP contribution in [0.25, 0.3) is 0 Å². The van der Waals surface area contributed by atoms with Crippen molar-refractivity contribution < 1.29 is 22.7 Å². The summed E-state index contributed by atoms with van der Waals surface area (Å²) < 4.78 is 39.6. The molecular formula is C19H24N4O5S3. The molecule has 12 heteroatoms. The van der Waals surface area contributed by atoms with Crippen molar-refractivity contribution in [2.75, 3.05) is 37.4 Å². The quantitative estimate of drug-likeness (QED) is 0.492. The average molecular weight is 485 g/mol. The number of hydrogen-bond donors (Lipinski definition) is 1. The van der Waals surface area contributed by atoms with Gasteiger partial charge in [0.25, 0.3) is 0 Å². The molecule has 1 aromatic heterocycles. The van der Waals surface area contributed by atoms with Crippen molar-refractivity contribution in [3.8, 4) is 11.5 Å². The molecule has 31 heavy (non-hydrogen) atoms. The Kier molecular flexibility index (Phi) is 6.99. The lowest BCUT2D eigenvalue weighted by Gasteiger charge is -2.30. The smallest absolute Gasteiger partial charge is 0.243 e. The highest BCUT2D eigenvalue weighted by atomic mass is 32.2. The molecule has 0 bridgehead atoms. The molecule has 0 spiro atoms. The Bertz CT molecular complexity index is 1030. The minimum absolute atomic E-state index is 0.142. The second kappa shape index (κ2) is 9.72. The van der Waals surface area contributed by atoms with E-state index in [1.165, 1.54) is 21.7 Å². The summed E-state index contributed by atoms with van der Waals surface area (Å²) in [5, 5.41) is 11.3. The van der Waals surface area contributed by atoms with Gasteiger partial charge in [0.15, 0.2) is 15.8 Å². The Morgan fingerprint density at radius 3 is 2.71 bits per heavy atom. The number of carbonyl (C=O) groups is 1. The first-order chi connectivity index (χ1) is 15.0. The molecule has 0 saturated carbocycles. The zero-order valence-corrected chi connectivity index (χ0v) is 19.5. The van der Waals surface area contributed by atoms with E-state index in [4.69, 9.17) is 9.47 Å². The van der Waals surface area contributed by atoms with Crippen LogP contribution < -0.4 is 14.8 Å². The fourth-order valence-electron chi connectivity index (χ4n) is 3.46. The van der Waals surface area contributed by atoms with Gasteiger partial charge < -0.3 is 14.8 Å². The molecule has 4 rings (SSSR count). The first-order valence-electron chi connectivity index (χ1n) is 10.1. The maximum atomic E-state index is 13.1. The van der Waals surface area contributed by atoms with Crippen molar-refractivity contribution in [1.29, 1.82) is 0 Å². The van der Waals surface area contributed by atoms with Crippen LogP contribution in [0.3, 0.4) is 0 Å². The monoisotopic (exact) mass is 484 g/mol. The van der Waals surface area contributed by atoms with E-state index in [0.29, 0.717) is 42.7 Å². The maximum absolute atomic E-state index is 13.1. The molecule has 3 heterocycles. The molecule has 1 fully saturated rings. The first-order valence-corrected chi connectivity index (χ1v) is 13.4. The van der Waals surface area contributed by atoms with Gasteiger partial charge in [0, 0.05) is 31.5 Å². The van der Waals surface area contributed by atoms with E-state index in [1.807, 2.05) is 6.92 Å². The van der Waals surface area contributed by atoms with Crippen LogP contribution >= 0.6 is 23.1 Å². The van der Waals surface area contributed by atoms with Gasteiger partial charge in [-0.25, -0.2) is 8.42 Å². The zero-order chi connectivity index (χ0) is 21.8. The summed E-state index contributed by atoms with van der Waals surface area (Å²) in [6.45, 7) is 3.62. The Hall–Kier alpha value is -1.89. The normalized spacial score (nSPS) is 17.8. The third kappa shape index (κ3) is 5.13. The van der Waals surface area contributed by atoms with Crippen molar-refractivity contribution in [1.82, 2.24) is 14.5 Å². The number of benzene rings is 1. The Labute approximate surface area is 189 Å². The van der Waals surface area contributed by atoms with E-state index in [-0.39, 0.29) is 29.8 Å². The number of ether oxygens (including phenoxy) is 2. The van der Waals surface area contributed by atoms with Crippen LogP contribution in [0.5, 0.6) is 11.5 Å². The van der Waals surface area contributed by atoms with Gasteiger partial charge in [0.1, 0.15) is 0 Å². The number of aromatic nitrogens is 2. The Morgan fingerprint density at radius 2 is 1.97 bits per heavy atom. The van der Waals surface area contributed by atoms with Crippen molar-refractivity contribution in [3.05, 3.63) is 18.2 Å². The number of carbonyl (C=O) groups excluding carboxylic acids is 1. The lowest BCUT2D eigenvalue weighted by molar-refractivity contribution is -0.120. The van der Waals surface area contributed by atoms with E-state index >= 15 is 0 Å². The number of nitrogens with zero attached hydrogens (tertiary/aromatic N) is 3. The number of thioether (sulfide) groups is 1. The summed E-state index contributed by atoms with van der Waals surface area (Å²) in [6.07, 6.45) is 1.65. The molecule has 1 aromatic carbocycles. The van der Waals surface area contributed by atoms with E-state index in [2.05, 4.69) is 15.5 Å². The highest BCUT2D eigenvalue weighted by molar-refractivity contribution is 8.01. The van der Waals surface area contributed by atoms with Crippen LogP contribution in [0, 0.1) is 5.92 Å². The predicted molar refractivity (Wildman–Crippen MR) is 118 cm³/mol. The van der Waals surface area contributed by atoms with Crippen molar-refractivity contribution in [2.24, 2.45) is 5.92 Å². The molecule has 0 aliphatic carbocycles. The molecule has 168 valence electrons. The van der Waals surface area contributed by atoms with Crippen LogP contribution in [0.4, 0.5) is 5.13 Å². The standard InChI is InChI=1S/C19H24N4O5S3/c1-2-29-19-22-21-18(30-19)20-17(24)13-6-8-23(9-7-13)31(25,26)14-4-5-15-16(12-14)28-11-3-10-27-15/h4-5,12-13H,2-3,6-11H2,1H3,(H,20,21,24). The van der Waals surface area contributed by atoms with Gasteiger partial charge in [-0.1, -0.05) is 30.0 Å². The number of rotatable bonds is 6. The molecule has 0 atom stereocenters. The summed E-state index contributed by atoms with van der Waals surface area (Å²) in [7, 11) is -3.68. The lowest BCUT2D eigenvalue weighted by Crippen LogP contribution is -2.41. The molecule has 0 radical (unpaired) electrons. The fourth-order valence-corrected chi connectivity index (χ4v) is 6.60. The van der Waals surface area contributed by atoms with E-state index in [1.54, 1.807) is 23.9 Å². The molecule has 2 aromatic rings. The Morgan fingerprint density at radius 1 is 1.23 bits per heavy atom. The molecule has 2 aliphatic rings. The molecule has 1 N–H and O–H groups in total. The minimum atomic E-state index is -3.68. The highest BCUT2D eigenvalue weighted by Crippen LogP contribution is 2.34. The van der Waals surface area contributed by atoms with Crippen LogP contribution in [0.1, 0.15) is 26.2 Å². The van der Waals surface area contributed by atoms with Crippen LogP contribution in [0.2, 0.25) is 0 Å². The molecule has 1 saturated heterocycles. The van der Waals surface area contributed by atoms with Gasteiger partial charge in [0.05, 0.1) is 18.1 Å². The fraction of sp³-hybridized carbons (Fsp3) is 0.526. The number of piperidine rings is 1. The number of amides is 1. The van der Waals surface area contributed by atoms with E-state index in [0.717, 1.165) is 16.5 Å². The largest absolute Gasteiger partial charge is 0.490 e. The summed E-state index contributed by atoms with van der Waals surface area (Å²) in [5.74, 6) is 1.49. The third-order valence-electron chi connectivity index (χ3n) is 5.09. The molecule has 9 nitrogen and oxygen atoms in total. The van der Waals surface area contributed by atoms with Gasteiger partial charge in [-0.05, 0) is 30.7 Å². The summed E-state index contributed by atoms with van der Waals surface area (Å²) in [4.78, 5) is 12.8. The van der Waals surface area contributed by atoms with Gasteiger partial charge in [-0.15, -0.1) is 10.2 Å². The van der Waals surface area contributed by atoms with Gasteiger partial charge in [0.2, 0.25) is 21.1 Å².